The maximum Gasteiger partial charge on any atom is 0.329 e. The second-order valence-corrected chi connectivity index (χ2v) is 11.0. The summed E-state index contributed by atoms with van der Waals surface area (Å²) in [6.07, 6.45) is 15.2. The number of hydrogen-bond donors (Lipinski definition) is 2. The first-order chi connectivity index (χ1) is 13.2. The van der Waals surface area contributed by atoms with Gasteiger partial charge in [-0.1, -0.05) is 112 Å². The average Bonchev–Trinajstić information content (AvgIpc) is 2.64. The quantitative estimate of drug-likeness (QED) is 0.174. The van der Waals surface area contributed by atoms with E-state index in [1.807, 2.05) is 0 Å². The van der Waals surface area contributed by atoms with Crippen LogP contribution in [0.2, 0.25) is 0 Å². The van der Waals surface area contributed by atoms with Gasteiger partial charge in [0, 0.05) is 0 Å². The Morgan fingerprint density at radius 3 is 1.32 bits per heavy atom. The van der Waals surface area contributed by atoms with E-state index in [2.05, 4.69) is 41.5 Å². The molecule has 170 valence electrons. The van der Waals surface area contributed by atoms with Crippen molar-refractivity contribution >= 4 is 7.60 Å². The first-order valence-corrected chi connectivity index (χ1v) is 14.0. The molecule has 0 aliphatic carbocycles. The molecule has 0 amide bonds. The second-order valence-electron chi connectivity index (χ2n) is 9.17. The van der Waals surface area contributed by atoms with E-state index >= 15 is 0 Å². The van der Waals surface area contributed by atoms with Crippen molar-refractivity contribution in [3.63, 3.8) is 0 Å². The van der Waals surface area contributed by atoms with Crippen LogP contribution in [0.1, 0.15) is 131 Å². The van der Waals surface area contributed by atoms with Gasteiger partial charge in [-0.3, -0.25) is 4.57 Å². The summed E-state index contributed by atoms with van der Waals surface area (Å²) in [6, 6.07) is 0. The van der Waals surface area contributed by atoms with E-state index in [4.69, 9.17) is 0 Å². The van der Waals surface area contributed by atoms with Crippen LogP contribution >= 0.6 is 7.60 Å². The van der Waals surface area contributed by atoms with Gasteiger partial charge in [0.15, 0.2) is 0 Å². The molecule has 28 heavy (non-hydrogen) atoms. The first kappa shape index (κ1) is 28.1. The molecule has 0 aromatic heterocycles. The lowest BCUT2D eigenvalue weighted by atomic mass is 9.60. The molecule has 0 spiro atoms. The van der Waals surface area contributed by atoms with Crippen molar-refractivity contribution in [3.05, 3.63) is 0 Å². The topological polar surface area (TPSA) is 57.5 Å². The van der Waals surface area contributed by atoms with E-state index in [-0.39, 0.29) is 5.41 Å². The summed E-state index contributed by atoms with van der Waals surface area (Å²) in [6.45, 7) is 13.3. The number of rotatable bonds is 18. The lowest BCUT2D eigenvalue weighted by Gasteiger charge is -2.49. The molecule has 0 aromatic rings. The Labute approximate surface area is 176 Å². The fraction of sp³-hybridized carbons (Fsp3) is 1.00. The summed E-state index contributed by atoms with van der Waals surface area (Å²) in [5.74, 6) is 0.787. The minimum absolute atomic E-state index is 0.280. The molecule has 0 bridgehead atoms. The average molecular weight is 419 g/mol. The molecule has 4 heteroatoms. The summed E-state index contributed by atoms with van der Waals surface area (Å²) < 4.78 is 12.8. The summed E-state index contributed by atoms with van der Waals surface area (Å²) in [7, 11) is -4.15. The Hall–Kier alpha value is 0.150. The maximum atomic E-state index is 12.8. The van der Waals surface area contributed by atoms with E-state index in [0.29, 0.717) is 18.3 Å². The normalized spacial score (nSPS) is 17.9. The fourth-order valence-electron chi connectivity index (χ4n) is 5.50. The third-order valence-corrected chi connectivity index (χ3v) is 8.89. The van der Waals surface area contributed by atoms with Gasteiger partial charge in [-0.2, -0.15) is 0 Å². The molecule has 3 atom stereocenters. The molecule has 0 saturated heterocycles. The summed E-state index contributed by atoms with van der Waals surface area (Å²) >= 11 is 0. The summed E-state index contributed by atoms with van der Waals surface area (Å²) in [4.78, 5) is 20.9. The van der Waals surface area contributed by atoms with E-state index in [1.165, 1.54) is 38.5 Å². The largest absolute Gasteiger partial charge is 0.329 e. The molecule has 0 heterocycles. The lowest BCUT2D eigenvalue weighted by molar-refractivity contribution is 0.0492. The van der Waals surface area contributed by atoms with Crippen molar-refractivity contribution in [2.45, 2.75) is 137 Å². The molecule has 3 nitrogen and oxygen atoms in total. The van der Waals surface area contributed by atoms with Gasteiger partial charge >= 0.3 is 7.60 Å². The van der Waals surface area contributed by atoms with Crippen molar-refractivity contribution in [3.8, 4) is 0 Å². The van der Waals surface area contributed by atoms with Crippen LogP contribution in [0, 0.1) is 17.3 Å². The van der Waals surface area contributed by atoms with E-state index in [0.717, 1.165) is 44.9 Å². The highest BCUT2D eigenvalue weighted by Gasteiger charge is 2.51. The minimum atomic E-state index is -4.15. The molecule has 0 aromatic carbocycles. The van der Waals surface area contributed by atoms with Gasteiger partial charge in [0.25, 0.3) is 0 Å². The molecular weight excluding hydrogens is 367 g/mol. The van der Waals surface area contributed by atoms with Crippen LogP contribution in [0.15, 0.2) is 0 Å². The zero-order chi connectivity index (χ0) is 21.6. The third-order valence-electron chi connectivity index (χ3n) is 7.26. The SMILES string of the molecule is CCCCCC(CC)C(C)(C(CC)CCCCC)C(CCCCC)P(=O)(O)O. The smallest absolute Gasteiger partial charge is 0.324 e. The Morgan fingerprint density at radius 2 is 1.04 bits per heavy atom. The van der Waals surface area contributed by atoms with Crippen LogP contribution in [0.5, 0.6) is 0 Å². The van der Waals surface area contributed by atoms with Crippen LogP contribution in [0.4, 0.5) is 0 Å². The van der Waals surface area contributed by atoms with Crippen molar-refractivity contribution in [1.82, 2.24) is 0 Å². The molecule has 0 aliphatic rings. The Balaban J connectivity index is 5.93. The molecule has 0 saturated carbocycles. The van der Waals surface area contributed by atoms with E-state index in [1.54, 1.807) is 0 Å². The van der Waals surface area contributed by atoms with Gasteiger partial charge < -0.3 is 9.79 Å². The Morgan fingerprint density at radius 1 is 0.679 bits per heavy atom. The molecular formula is C24H51O3P. The van der Waals surface area contributed by atoms with Crippen molar-refractivity contribution in [2.75, 3.05) is 0 Å². The van der Waals surface area contributed by atoms with Gasteiger partial charge in [0.2, 0.25) is 0 Å². The first-order valence-electron chi connectivity index (χ1n) is 12.3. The highest BCUT2D eigenvalue weighted by Crippen LogP contribution is 2.60. The van der Waals surface area contributed by atoms with Crippen molar-refractivity contribution < 1.29 is 14.4 Å². The fourth-order valence-corrected chi connectivity index (χ4v) is 7.16. The van der Waals surface area contributed by atoms with E-state index in [9.17, 15) is 14.4 Å². The van der Waals surface area contributed by atoms with Gasteiger partial charge in [-0.15, -0.1) is 0 Å². The van der Waals surface area contributed by atoms with Crippen LogP contribution in [-0.2, 0) is 4.57 Å². The number of hydrogen-bond acceptors (Lipinski definition) is 1. The highest BCUT2D eigenvalue weighted by molar-refractivity contribution is 7.52. The van der Waals surface area contributed by atoms with Crippen molar-refractivity contribution in [1.29, 1.82) is 0 Å². The zero-order valence-electron chi connectivity index (χ0n) is 19.9. The van der Waals surface area contributed by atoms with Crippen LogP contribution in [-0.4, -0.2) is 15.4 Å². The monoisotopic (exact) mass is 418 g/mol. The Bertz CT molecular complexity index is 400. The van der Waals surface area contributed by atoms with Gasteiger partial charge in [0.1, 0.15) is 0 Å². The molecule has 0 rings (SSSR count). The number of unbranched alkanes of at least 4 members (excludes halogenated alkanes) is 6. The predicted molar refractivity (Wildman–Crippen MR) is 124 cm³/mol. The van der Waals surface area contributed by atoms with Gasteiger partial charge in [0.05, 0.1) is 5.66 Å². The molecule has 2 N–H and O–H groups in total. The van der Waals surface area contributed by atoms with Gasteiger partial charge in [-0.05, 0) is 36.5 Å². The van der Waals surface area contributed by atoms with Crippen LogP contribution in [0.3, 0.4) is 0 Å². The molecule has 3 unspecified atom stereocenters. The minimum Gasteiger partial charge on any atom is -0.324 e. The summed E-state index contributed by atoms with van der Waals surface area (Å²) in [5.41, 5.74) is -0.776. The Kier molecular flexibility index (Phi) is 15.1. The third kappa shape index (κ3) is 8.88. The van der Waals surface area contributed by atoms with Crippen LogP contribution in [0.25, 0.3) is 0 Å². The standard InChI is InChI=1S/C24H51O3P/c1-7-12-15-18-21(10-4)24(6,22(11-5)19-16-13-8-2)23(28(25,26)27)20-17-14-9-3/h21-23H,7-20H2,1-6H3,(H2,25,26,27). The molecule has 0 aliphatic heterocycles. The molecule has 0 radical (unpaired) electrons. The zero-order valence-corrected chi connectivity index (χ0v) is 20.8. The highest BCUT2D eigenvalue weighted by atomic mass is 31.2. The lowest BCUT2D eigenvalue weighted by Crippen LogP contribution is -2.45. The predicted octanol–water partition coefficient (Wildman–Crippen LogP) is 8.33. The van der Waals surface area contributed by atoms with Crippen LogP contribution < -0.4 is 0 Å². The van der Waals surface area contributed by atoms with Crippen molar-refractivity contribution in [2.24, 2.45) is 17.3 Å². The molecule has 0 fully saturated rings. The van der Waals surface area contributed by atoms with E-state index < -0.39 is 13.3 Å². The van der Waals surface area contributed by atoms with Gasteiger partial charge in [-0.25, -0.2) is 0 Å². The summed E-state index contributed by atoms with van der Waals surface area (Å²) in [5, 5.41) is 0. The second kappa shape index (κ2) is 15.0. The maximum absolute atomic E-state index is 12.8.